The van der Waals surface area contributed by atoms with Crippen molar-refractivity contribution in [3.63, 3.8) is 0 Å². The summed E-state index contributed by atoms with van der Waals surface area (Å²) in [5.41, 5.74) is 0.728. The molecule has 0 heterocycles. The molecule has 1 aromatic rings. The minimum absolute atomic E-state index is 0.359. The summed E-state index contributed by atoms with van der Waals surface area (Å²) < 4.78 is 5.52. The van der Waals surface area contributed by atoms with E-state index in [4.69, 9.17) is 4.74 Å². The van der Waals surface area contributed by atoms with Crippen LogP contribution in [0.25, 0.3) is 0 Å². The SMILES string of the molecule is CCO[C@@H](c1ccc(SC)cc1)[C@@H](NC(C)=O)C(=O)O. The van der Waals surface area contributed by atoms with Crippen molar-refractivity contribution >= 4 is 23.6 Å². The number of hydrogen-bond donors (Lipinski definition) is 2. The van der Waals surface area contributed by atoms with Gasteiger partial charge in [0.1, 0.15) is 6.10 Å². The number of carbonyl (C=O) groups excluding carboxylic acids is 1. The lowest BCUT2D eigenvalue weighted by Crippen LogP contribution is -2.45. The maximum absolute atomic E-state index is 11.3. The second-order valence-electron chi connectivity index (χ2n) is 4.17. The zero-order valence-electron chi connectivity index (χ0n) is 11.8. The first-order valence-electron chi connectivity index (χ1n) is 6.25. The quantitative estimate of drug-likeness (QED) is 0.754. The molecule has 20 heavy (non-hydrogen) atoms. The third kappa shape index (κ3) is 4.54. The van der Waals surface area contributed by atoms with Gasteiger partial charge in [0.25, 0.3) is 0 Å². The van der Waals surface area contributed by atoms with Gasteiger partial charge in [-0.1, -0.05) is 12.1 Å². The van der Waals surface area contributed by atoms with Gasteiger partial charge >= 0.3 is 5.97 Å². The van der Waals surface area contributed by atoms with Crippen LogP contribution in [0.3, 0.4) is 0 Å². The van der Waals surface area contributed by atoms with Crippen molar-refractivity contribution in [1.29, 1.82) is 0 Å². The first kappa shape index (κ1) is 16.5. The highest BCUT2D eigenvalue weighted by molar-refractivity contribution is 7.98. The molecule has 1 amide bonds. The number of nitrogens with one attached hydrogen (secondary N) is 1. The molecular formula is C14H19NO4S. The summed E-state index contributed by atoms with van der Waals surface area (Å²) in [6, 6.07) is 6.35. The molecule has 0 aromatic heterocycles. The van der Waals surface area contributed by atoms with Gasteiger partial charge in [0.15, 0.2) is 6.04 Å². The van der Waals surface area contributed by atoms with Crippen molar-refractivity contribution in [3.05, 3.63) is 29.8 Å². The normalized spacial score (nSPS) is 13.6. The van der Waals surface area contributed by atoms with E-state index in [1.54, 1.807) is 18.7 Å². The monoisotopic (exact) mass is 297 g/mol. The Morgan fingerprint density at radius 2 is 1.95 bits per heavy atom. The van der Waals surface area contributed by atoms with Crippen molar-refractivity contribution in [1.82, 2.24) is 5.32 Å². The maximum atomic E-state index is 11.3. The van der Waals surface area contributed by atoms with Gasteiger partial charge in [-0.05, 0) is 30.9 Å². The summed E-state index contributed by atoms with van der Waals surface area (Å²) in [7, 11) is 0. The molecule has 2 N–H and O–H groups in total. The number of hydrogen-bond acceptors (Lipinski definition) is 4. The Morgan fingerprint density at radius 3 is 2.35 bits per heavy atom. The fraction of sp³-hybridized carbons (Fsp3) is 0.429. The number of carboxylic acids is 1. The van der Waals surface area contributed by atoms with E-state index in [0.717, 1.165) is 10.5 Å². The van der Waals surface area contributed by atoms with Gasteiger partial charge in [-0.25, -0.2) is 4.79 Å². The Labute approximate surface area is 122 Å². The third-order valence-electron chi connectivity index (χ3n) is 2.72. The standard InChI is InChI=1S/C14H19NO4S/c1-4-19-13(12(14(17)18)15-9(2)16)10-5-7-11(20-3)8-6-10/h5-8,12-13H,4H2,1-3H3,(H,15,16)(H,17,18)/t12-,13+/m1/s1. The molecule has 0 spiro atoms. The van der Waals surface area contributed by atoms with Crippen LogP contribution in [0.1, 0.15) is 25.5 Å². The Morgan fingerprint density at radius 1 is 1.35 bits per heavy atom. The molecule has 0 saturated heterocycles. The molecule has 1 rings (SSSR count). The highest BCUT2D eigenvalue weighted by atomic mass is 32.2. The fourth-order valence-corrected chi connectivity index (χ4v) is 2.25. The maximum Gasteiger partial charge on any atom is 0.329 e. The van der Waals surface area contributed by atoms with Crippen molar-refractivity contribution in [2.75, 3.05) is 12.9 Å². The smallest absolute Gasteiger partial charge is 0.329 e. The topological polar surface area (TPSA) is 75.6 Å². The number of amides is 1. The average molecular weight is 297 g/mol. The highest BCUT2D eigenvalue weighted by Crippen LogP contribution is 2.24. The predicted molar refractivity (Wildman–Crippen MR) is 77.8 cm³/mol. The van der Waals surface area contributed by atoms with Crippen LogP contribution in [-0.4, -0.2) is 35.9 Å². The fourth-order valence-electron chi connectivity index (χ4n) is 1.84. The molecule has 0 aliphatic heterocycles. The second kappa shape index (κ2) is 7.91. The lowest BCUT2D eigenvalue weighted by atomic mass is 10.0. The zero-order chi connectivity index (χ0) is 15.1. The van der Waals surface area contributed by atoms with E-state index in [2.05, 4.69) is 5.32 Å². The molecule has 0 aliphatic rings. The van der Waals surface area contributed by atoms with Crippen LogP contribution >= 0.6 is 11.8 Å². The number of rotatable bonds is 7. The second-order valence-corrected chi connectivity index (χ2v) is 5.05. The van der Waals surface area contributed by atoms with Gasteiger partial charge in [-0.3, -0.25) is 4.79 Å². The van der Waals surface area contributed by atoms with E-state index in [1.165, 1.54) is 6.92 Å². The van der Waals surface area contributed by atoms with E-state index in [0.29, 0.717) is 6.61 Å². The van der Waals surface area contributed by atoms with Gasteiger partial charge < -0.3 is 15.2 Å². The number of carboxylic acid groups (broad SMARTS) is 1. The number of aliphatic carboxylic acids is 1. The lowest BCUT2D eigenvalue weighted by Gasteiger charge is -2.24. The van der Waals surface area contributed by atoms with Crippen LogP contribution in [0.5, 0.6) is 0 Å². The molecular weight excluding hydrogens is 278 g/mol. The minimum Gasteiger partial charge on any atom is -0.480 e. The van der Waals surface area contributed by atoms with E-state index in [1.807, 2.05) is 30.5 Å². The molecule has 6 heteroatoms. The summed E-state index contributed by atoms with van der Waals surface area (Å²) in [6.07, 6.45) is 1.25. The summed E-state index contributed by atoms with van der Waals surface area (Å²) in [6.45, 7) is 3.43. The van der Waals surface area contributed by atoms with Crippen molar-refractivity contribution in [2.24, 2.45) is 0 Å². The first-order valence-corrected chi connectivity index (χ1v) is 7.47. The highest BCUT2D eigenvalue weighted by Gasteiger charge is 2.30. The zero-order valence-corrected chi connectivity index (χ0v) is 12.6. The Hall–Kier alpha value is -1.53. The molecule has 0 unspecified atom stereocenters. The van der Waals surface area contributed by atoms with E-state index < -0.39 is 24.0 Å². The van der Waals surface area contributed by atoms with Crippen LogP contribution in [0.4, 0.5) is 0 Å². The van der Waals surface area contributed by atoms with Crippen molar-refractivity contribution < 1.29 is 19.4 Å². The largest absolute Gasteiger partial charge is 0.480 e. The summed E-state index contributed by atoms with van der Waals surface area (Å²) in [4.78, 5) is 23.6. The molecule has 0 fully saturated rings. The van der Waals surface area contributed by atoms with Gasteiger partial charge in [-0.15, -0.1) is 11.8 Å². The van der Waals surface area contributed by atoms with Crippen LogP contribution in [0.15, 0.2) is 29.2 Å². The molecule has 1 aromatic carbocycles. The third-order valence-corrected chi connectivity index (χ3v) is 3.46. The Balaban J connectivity index is 3.05. The van der Waals surface area contributed by atoms with Gasteiger partial charge in [0.2, 0.25) is 5.91 Å². The number of benzene rings is 1. The van der Waals surface area contributed by atoms with E-state index >= 15 is 0 Å². The number of thioether (sulfide) groups is 1. The van der Waals surface area contributed by atoms with Crippen molar-refractivity contribution in [3.8, 4) is 0 Å². The number of ether oxygens (including phenoxy) is 1. The molecule has 5 nitrogen and oxygen atoms in total. The molecule has 0 aliphatic carbocycles. The lowest BCUT2D eigenvalue weighted by molar-refractivity contribution is -0.146. The van der Waals surface area contributed by atoms with E-state index in [9.17, 15) is 14.7 Å². The molecule has 0 radical (unpaired) electrons. The van der Waals surface area contributed by atoms with Crippen LogP contribution < -0.4 is 5.32 Å². The Bertz CT molecular complexity index is 461. The van der Waals surface area contributed by atoms with Gasteiger partial charge in [0, 0.05) is 18.4 Å². The predicted octanol–water partition coefficient (Wildman–Crippen LogP) is 2.08. The Kier molecular flexibility index (Phi) is 6.54. The van der Waals surface area contributed by atoms with Crippen LogP contribution in [0, 0.1) is 0 Å². The summed E-state index contributed by atoms with van der Waals surface area (Å²) in [5, 5.41) is 11.7. The summed E-state index contributed by atoms with van der Waals surface area (Å²) >= 11 is 1.60. The van der Waals surface area contributed by atoms with Gasteiger partial charge in [-0.2, -0.15) is 0 Å². The molecule has 0 bridgehead atoms. The minimum atomic E-state index is -1.12. The van der Waals surface area contributed by atoms with Crippen LogP contribution in [-0.2, 0) is 14.3 Å². The summed E-state index contributed by atoms with van der Waals surface area (Å²) in [5.74, 6) is -1.52. The molecule has 2 atom stereocenters. The van der Waals surface area contributed by atoms with Gasteiger partial charge in [0.05, 0.1) is 0 Å². The average Bonchev–Trinajstić information content (AvgIpc) is 2.42. The molecule has 110 valence electrons. The van der Waals surface area contributed by atoms with Crippen molar-refractivity contribution in [2.45, 2.75) is 30.9 Å². The molecule has 0 saturated carbocycles. The van der Waals surface area contributed by atoms with Crippen LogP contribution in [0.2, 0.25) is 0 Å². The number of carbonyl (C=O) groups is 2. The van der Waals surface area contributed by atoms with E-state index in [-0.39, 0.29) is 0 Å². The first-order chi connectivity index (χ1) is 9.49.